The van der Waals surface area contributed by atoms with Crippen LogP contribution in [0.5, 0.6) is 0 Å². The van der Waals surface area contributed by atoms with Gasteiger partial charge in [-0.2, -0.15) is 0 Å². The first-order chi connectivity index (χ1) is 7.77. The fourth-order valence-corrected chi connectivity index (χ4v) is 2.02. The number of esters is 1. The van der Waals surface area contributed by atoms with Crippen LogP contribution in [-0.2, 0) is 16.0 Å². The van der Waals surface area contributed by atoms with Gasteiger partial charge in [0.15, 0.2) is 0 Å². The van der Waals surface area contributed by atoms with E-state index in [-0.39, 0.29) is 11.9 Å². The van der Waals surface area contributed by atoms with E-state index in [1.54, 1.807) is 0 Å². The first-order valence-corrected chi connectivity index (χ1v) is 5.66. The number of ether oxygens (including phenoxy) is 1. The smallest absolute Gasteiger partial charge is 0.311 e. The van der Waals surface area contributed by atoms with E-state index in [9.17, 15) is 9.90 Å². The maximum Gasteiger partial charge on any atom is 0.311 e. The third kappa shape index (κ3) is 2.61. The third-order valence-electron chi connectivity index (χ3n) is 3.01. The molecule has 1 heterocycles. The van der Waals surface area contributed by atoms with Crippen molar-refractivity contribution in [3.05, 3.63) is 35.9 Å². The maximum atomic E-state index is 11.4. The van der Waals surface area contributed by atoms with Crippen LogP contribution in [0.2, 0.25) is 0 Å². The summed E-state index contributed by atoms with van der Waals surface area (Å²) >= 11 is 0. The van der Waals surface area contributed by atoms with E-state index in [0.717, 1.165) is 6.42 Å². The minimum Gasteiger partial charge on any atom is -0.465 e. The van der Waals surface area contributed by atoms with Crippen LogP contribution in [0.4, 0.5) is 0 Å². The molecule has 1 fully saturated rings. The quantitative estimate of drug-likeness (QED) is 0.786. The second-order valence-electron chi connectivity index (χ2n) is 4.15. The number of rotatable bonds is 3. The average Bonchev–Trinajstić information content (AvgIpc) is 2.30. The van der Waals surface area contributed by atoms with Crippen molar-refractivity contribution in [1.82, 2.24) is 0 Å². The normalized spacial score (nSPS) is 25.2. The highest BCUT2D eigenvalue weighted by molar-refractivity contribution is 5.73. The molecular weight excluding hydrogens is 204 g/mol. The van der Waals surface area contributed by atoms with Gasteiger partial charge in [-0.05, 0) is 18.4 Å². The lowest BCUT2D eigenvalue weighted by molar-refractivity contribution is -0.160. The van der Waals surface area contributed by atoms with E-state index < -0.39 is 6.10 Å². The van der Waals surface area contributed by atoms with Gasteiger partial charge in [-0.25, -0.2) is 0 Å². The van der Waals surface area contributed by atoms with Crippen molar-refractivity contribution < 1.29 is 14.6 Å². The molecule has 1 aromatic rings. The Morgan fingerprint density at radius 2 is 2.06 bits per heavy atom. The highest BCUT2D eigenvalue weighted by Gasteiger charge is 2.31. The zero-order valence-electron chi connectivity index (χ0n) is 9.13. The Morgan fingerprint density at radius 1 is 1.31 bits per heavy atom. The molecule has 0 aliphatic carbocycles. The number of hydrogen-bond donors (Lipinski definition) is 1. The number of hydrogen-bond acceptors (Lipinski definition) is 3. The molecule has 3 heteroatoms. The Bertz CT molecular complexity index is 347. The standard InChI is InChI=1S/C13H16O3/c14-12-8-9-16-13(15)11(12)7-6-10-4-2-1-3-5-10/h1-5,11-12,14H,6-9H2. The second-order valence-corrected chi connectivity index (χ2v) is 4.15. The predicted octanol–water partition coefficient (Wildman–Crippen LogP) is 1.54. The molecule has 1 aromatic carbocycles. The van der Waals surface area contributed by atoms with Gasteiger partial charge in [-0.1, -0.05) is 30.3 Å². The van der Waals surface area contributed by atoms with Crippen LogP contribution in [0, 0.1) is 5.92 Å². The summed E-state index contributed by atoms with van der Waals surface area (Å²) < 4.78 is 4.95. The van der Waals surface area contributed by atoms with E-state index in [1.165, 1.54) is 5.56 Å². The molecule has 0 spiro atoms. The minimum absolute atomic E-state index is 0.255. The molecular formula is C13H16O3. The SMILES string of the molecule is O=C1OCCC(O)C1CCc1ccccc1. The molecule has 0 saturated carbocycles. The number of benzene rings is 1. The lowest BCUT2D eigenvalue weighted by atomic mass is 9.91. The second kappa shape index (κ2) is 5.12. The largest absolute Gasteiger partial charge is 0.465 e. The van der Waals surface area contributed by atoms with Crippen LogP contribution in [0.15, 0.2) is 30.3 Å². The van der Waals surface area contributed by atoms with Gasteiger partial charge in [0.2, 0.25) is 0 Å². The van der Waals surface area contributed by atoms with E-state index in [0.29, 0.717) is 19.4 Å². The lowest BCUT2D eigenvalue weighted by Crippen LogP contribution is -2.36. The summed E-state index contributed by atoms with van der Waals surface area (Å²) in [5.74, 6) is -0.608. The molecule has 1 aliphatic rings. The molecule has 0 amide bonds. The Kier molecular flexibility index (Phi) is 3.57. The first kappa shape index (κ1) is 11.1. The Labute approximate surface area is 95.0 Å². The molecule has 2 atom stereocenters. The molecule has 1 N–H and O–H groups in total. The molecule has 1 aliphatic heterocycles. The van der Waals surface area contributed by atoms with E-state index in [2.05, 4.69) is 0 Å². The fraction of sp³-hybridized carbons (Fsp3) is 0.462. The summed E-state index contributed by atoms with van der Waals surface area (Å²) in [4.78, 5) is 11.4. The van der Waals surface area contributed by atoms with Crippen molar-refractivity contribution in [1.29, 1.82) is 0 Å². The highest BCUT2D eigenvalue weighted by Crippen LogP contribution is 2.21. The molecule has 16 heavy (non-hydrogen) atoms. The number of aliphatic hydroxyl groups is 1. The van der Waals surface area contributed by atoms with Gasteiger partial charge in [-0.15, -0.1) is 0 Å². The predicted molar refractivity (Wildman–Crippen MR) is 59.8 cm³/mol. The van der Waals surface area contributed by atoms with E-state index >= 15 is 0 Å². The summed E-state index contributed by atoms with van der Waals surface area (Å²) in [5.41, 5.74) is 1.19. The number of aliphatic hydroxyl groups excluding tert-OH is 1. The summed E-state index contributed by atoms with van der Waals surface area (Å²) in [6.45, 7) is 0.349. The van der Waals surface area contributed by atoms with Gasteiger partial charge in [0.05, 0.1) is 18.6 Å². The Balaban J connectivity index is 1.91. The number of aryl methyl sites for hydroxylation is 1. The lowest BCUT2D eigenvalue weighted by Gasteiger charge is -2.26. The van der Waals surface area contributed by atoms with Crippen LogP contribution in [0.3, 0.4) is 0 Å². The monoisotopic (exact) mass is 220 g/mol. The van der Waals surface area contributed by atoms with Crippen molar-refractivity contribution in [2.75, 3.05) is 6.61 Å². The summed E-state index contributed by atoms with van der Waals surface area (Å²) in [6.07, 6.45) is 1.48. The van der Waals surface area contributed by atoms with Gasteiger partial charge in [0.1, 0.15) is 0 Å². The molecule has 1 saturated heterocycles. The van der Waals surface area contributed by atoms with Crippen LogP contribution in [0.25, 0.3) is 0 Å². The van der Waals surface area contributed by atoms with Gasteiger partial charge in [0, 0.05) is 6.42 Å². The van der Waals surface area contributed by atoms with Gasteiger partial charge >= 0.3 is 5.97 Å². The zero-order valence-corrected chi connectivity index (χ0v) is 9.13. The highest BCUT2D eigenvalue weighted by atomic mass is 16.5. The van der Waals surface area contributed by atoms with Gasteiger partial charge in [-0.3, -0.25) is 4.79 Å². The average molecular weight is 220 g/mol. The molecule has 3 nitrogen and oxygen atoms in total. The van der Waals surface area contributed by atoms with Crippen molar-refractivity contribution in [3.8, 4) is 0 Å². The number of carbonyl (C=O) groups excluding carboxylic acids is 1. The Morgan fingerprint density at radius 3 is 2.75 bits per heavy atom. The van der Waals surface area contributed by atoms with Crippen molar-refractivity contribution >= 4 is 5.97 Å². The molecule has 2 unspecified atom stereocenters. The summed E-state index contributed by atoms with van der Waals surface area (Å²) in [5, 5.41) is 9.72. The number of cyclic esters (lactones) is 1. The first-order valence-electron chi connectivity index (χ1n) is 5.66. The molecule has 0 radical (unpaired) electrons. The van der Waals surface area contributed by atoms with Crippen molar-refractivity contribution in [2.24, 2.45) is 5.92 Å². The van der Waals surface area contributed by atoms with Crippen molar-refractivity contribution in [3.63, 3.8) is 0 Å². The molecule has 86 valence electrons. The van der Waals surface area contributed by atoms with Crippen LogP contribution < -0.4 is 0 Å². The van der Waals surface area contributed by atoms with Gasteiger partial charge < -0.3 is 9.84 Å². The van der Waals surface area contributed by atoms with Gasteiger partial charge in [0.25, 0.3) is 0 Å². The molecule has 0 aromatic heterocycles. The zero-order chi connectivity index (χ0) is 11.4. The van der Waals surface area contributed by atoms with Crippen LogP contribution >= 0.6 is 0 Å². The number of carbonyl (C=O) groups is 1. The fourth-order valence-electron chi connectivity index (χ4n) is 2.02. The van der Waals surface area contributed by atoms with E-state index in [1.807, 2.05) is 30.3 Å². The van der Waals surface area contributed by atoms with Crippen molar-refractivity contribution in [2.45, 2.75) is 25.4 Å². The van der Waals surface area contributed by atoms with E-state index in [4.69, 9.17) is 4.74 Å². The Hall–Kier alpha value is -1.35. The maximum absolute atomic E-state index is 11.4. The molecule has 0 bridgehead atoms. The summed E-state index contributed by atoms with van der Waals surface area (Å²) in [7, 11) is 0. The van der Waals surface area contributed by atoms with Crippen LogP contribution in [-0.4, -0.2) is 23.8 Å². The topological polar surface area (TPSA) is 46.5 Å². The minimum atomic E-state index is -0.537. The molecule has 2 rings (SSSR count). The van der Waals surface area contributed by atoms with Crippen LogP contribution in [0.1, 0.15) is 18.4 Å². The third-order valence-corrected chi connectivity index (χ3v) is 3.01. The summed E-state index contributed by atoms with van der Waals surface area (Å²) in [6, 6.07) is 9.98.